The molecule has 1 fully saturated rings. The minimum atomic E-state index is -3.48. The largest absolute Gasteiger partial charge is 0.389 e. The first kappa shape index (κ1) is 15.4. The van der Waals surface area contributed by atoms with Crippen molar-refractivity contribution in [2.24, 2.45) is 5.73 Å². The fourth-order valence-corrected chi connectivity index (χ4v) is 4.67. The summed E-state index contributed by atoms with van der Waals surface area (Å²) in [6.07, 6.45) is 2.91. The number of nitrogens with two attached hydrogens (primary N) is 1. The second kappa shape index (κ2) is 5.79. The Morgan fingerprint density at radius 3 is 2.70 bits per heavy atom. The Labute approximate surface area is 126 Å². The molecule has 4 nitrogen and oxygen atoms in total. The molecule has 0 bridgehead atoms. The molecule has 1 aliphatic heterocycles. The molecule has 0 aliphatic carbocycles. The van der Waals surface area contributed by atoms with Gasteiger partial charge in [0, 0.05) is 18.2 Å². The van der Waals surface area contributed by atoms with E-state index in [2.05, 4.69) is 0 Å². The van der Waals surface area contributed by atoms with Gasteiger partial charge in [-0.25, -0.2) is 8.42 Å². The lowest BCUT2D eigenvalue weighted by molar-refractivity contribution is 0.268. The first-order valence-corrected chi connectivity index (χ1v) is 8.61. The van der Waals surface area contributed by atoms with Crippen molar-refractivity contribution >= 4 is 27.2 Å². The number of hydrogen-bond acceptors (Lipinski definition) is 3. The van der Waals surface area contributed by atoms with Crippen molar-refractivity contribution in [1.82, 2.24) is 4.31 Å². The maximum atomic E-state index is 12.8. The molecule has 110 valence electrons. The number of rotatable bonds is 3. The molecule has 1 atom stereocenters. The highest BCUT2D eigenvalue weighted by molar-refractivity contribution is 7.89. The molecule has 0 radical (unpaired) electrons. The fourth-order valence-electron chi connectivity index (χ4n) is 2.59. The average molecular weight is 312 g/mol. The van der Waals surface area contributed by atoms with Crippen LogP contribution in [0.15, 0.2) is 23.1 Å². The van der Waals surface area contributed by atoms with Gasteiger partial charge in [0.05, 0.1) is 4.90 Å². The zero-order valence-corrected chi connectivity index (χ0v) is 13.4. The van der Waals surface area contributed by atoms with Gasteiger partial charge in [-0.2, -0.15) is 4.31 Å². The fraction of sp³-hybridized carbons (Fsp3) is 0.500. The van der Waals surface area contributed by atoms with Crippen LogP contribution in [0.5, 0.6) is 0 Å². The van der Waals surface area contributed by atoms with Crippen LogP contribution in [0.4, 0.5) is 0 Å². The molecule has 2 rings (SSSR count). The number of piperidine rings is 1. The van der Waals surface area contributed by atoms with E-state index in [9.17, 15) is 8.42 Å². The molecular formula is C14H20N2O2S2. The summed E-state index contributed by atoms with van der Waals surface area (Å²) in [6, 6.07) is 5.15. The predicted molar refractivity (Wildman–Crippen MR) is 84.3 cm³/mol. The summed E-state index contributed by atoms with van der Waals surface area (Å²) in [6.45, 7) is 4.34. The summed E-state index contributed by atoms with van der Waals surface area (Å²) in [5.74, 6) is 0. The standard InChI is InChI=1S/C14H20N2O2S2/c1-10-6-7-12(14(15)19)9-13(10)20(17,18)16-8-4-3-5-11(16)2/h6-7,9,11H,3-5,8H2,1-2H3,(H2,15,19). The van der Waals surface area contributed by atoms with E-state index >= 15 is 0 Å². The first-order valence-electron chi connectivity index (χ1n) is 6.76. The molecule has 0 saturated carbocycles. The van der Waals surface area contributed by atoms with Crippen LogP contribution >= 0.6 is 12.2 Å². The minimum absolute atomic E-state index is 0.0432. The second-order valence-electron chi connectivity index (χ2n) is 5.31. The van der Waals surface area contributed by atoms with Crippen LogP contribution in [0.3, 0.4) is 0 Å². The average Bonchev–Trinajstić information content (AvgIpc) is 2.39. The summed E-state index contributed by atoms with van der Waals surface area (Å²) in [7, 11) is -3.48. The van der Waals surface area contributed by atoms with Gasteiger partial charge in [-0.15, -0.1) is 0 Å². The SMILES string of the molecule is Cc1ccc(C(N)=S)cc1S(=O)(=O)N1CCCCC1C. The number of sulfonamides is 1. The smallest absolute Gasteiger partial charge is 0.243 e. The highest BCUT2D eigenvalue weighted by atomic mass is 32.2. The Morgan fingerprint density at radius 1 is 1.40 bits per heavy atom. The predicted octanol–water partition coefficient (Wildman–Crippen LogP) is 2.19. The van der Waals surface area contributed by atoms with Crippen LogP contribution in [0.2, 0.25) is 0 Å². The van der Waals surface area contributed by atoms with E-state index in [1.54, 1.807) is 29.4 Å². The van der Waals surface area contributed by atoms with Gasteiger partial charge in [0.25, 0.3) is 0 Å². The number of aryl methyl sites for hydroxylation is 1. The van der Waals surface area contributed by atoms with Crippen molar-refractivity contribution in [1.29, 1.82) is 0 Å². The summed E-state index contributed by atoms with van der Waals surface area (Å²) in [4.78, 5) is 0.532. The van der Waals surface area contributed by atoms with Crippen molar-refractivity contribution in [3.63, 3.8) is 0 Å². The van der Waals surface area contributed by atoms with Gasteiger partial charge in [-0.05, 0) is 38.3 Å². The Kier molecular flexibility index (Phi) is 4.46. The molecule has 1 aromatic rings. The van der Waals surface area contributed by atoms with Gasteiger partial charge in [-0.3, -0.25) is 0 Å². The maximum absolute atomic E-state index is 12.8. The molecule has 1 unspecified atom stereocenters. The van der Waals surface area contributed by atoms with Crippen LogP contribution in [-0.2, 0) is 10.0 Å². The second-order valence-corrected chi connectivity index (χ2v) is 7.60. The van der Waals surface area contributed by atoms with E-state index in [4.69, 9.17) is 18.0 Å². The zero-order valence-electron chi connectivity index (χ0n) is 11.8. The first-order chi connectivity index (χ1) is 9.34. The lowest BCUT2D eigenvalue weighted by atomic mass is 10.1. The van der Waals surface area contributed by atoms with Gasteiger partial charge in [0.1, 0.15) is 4.99 Å². The minimum Gasteiger partial charge on any atom is -0.389 e. The third-order valence-electron chi connectivity index (χ3n) is 3.80. The van der Waals surface area contributed by atoms with E-state index < -0.39 is 10.0 Å². The molecule has 0 spiro atoms. The van der Waals surface area contributed by atoms with Crippen molar-refractivity contribution < 1.29 is 8.42 Å². The number of nitrogens with zero attached hydrogens (tertiary/aromatic N) is 1. The third kappa shape index (κ3) is 2.87. The van der Waals surface area contributed by atoms with Crippen LogP contribution in [0.25, 0.3) is 0 Å². The van der Waals surface area contributed by atoms with Crippen molar-refractivity contribution in [2.75, 3.05) is 6.54 Å². The molecular weight excluding hydrogens is 292 g/mol. The van der Waals surface area contributed by atoms with Crippen LogP contribution < -0.4 is 5.73 Å². The van der Waals surface area contributed by atoms with Crippen molar-refractivity contribution in [3.05, 3.63) is 29.3 Å². The summed E-state index contributed by atoms with van der Waals surface area (Å²) in [5.41, 5.74) is 6.92. The highest BCUT2D eigenvalue weighted by Crippen LogP contribution is 2.27. The summed E-state index contributed by atoms with van der Waals surface area (Å²) in [5, 5.41) is 0. The van der Waals surface area contributed by atoms with E-state index in [0.29, 0.717) is 17.0 Å². The normalized spacial score (nSPS) is 20.8. The Balaban J connectivity index is 2.48. The zero-order chi connectivity index (χ0) is 14.9. The molecule has 1 heterocycles. The third-order valence-corrected chi connectivity index (χ3v) is 6.19. The quantitative estimate of drug-likeness (QED) is 0.869. The molecule has 2 N–H and O–H groups in total. The van der Waals surface area contributed by atoms with Crippen LogP contribution in [0.1, 0.15) is 37.3 Å². The Bertz CT molecular complexity index is 626. The van der Waals surface area contributed by atoms with E-state index in [1.807, 2.05) is 6.92 Å². The van der Waals surface area contributed by atoms with Crippen molar-refractivity contribution in [2.45, 2.75) is 44.0 Å². The molecule has 1 aromatic carbocycles. The van der Waals surface area contributed by atoms with Crippen LogP contribution in [0, 0.1) is 6.92 Å². The van der Waals surface area contributed by atoms with Gasteiger partial charge < -0.3 is 5.73 Å². The van der Waals surface area contributed by atoms with Crippen molar-refractivity contribution in [3.8, 4) is 0 Å². The number of benzene rings is 1. The highest BCUT2D eigenvalue weighted by Gasteiger charge is 2.32. The monoisotopic (exact) mass is 312 g/mol. The van der Waals surface area contributed by atoms with E-state index in [1.165, 1.54) is 0 Å². The Morgan fingerprint density at radius 2 is 2.10 bits per heavy atom. The molecule has 1 saturated heterocycles. The molecule has 6 heteroatoms. The summed E-state index contributed by atoms with van der Waals surface area (Å²) < 4.78 is 27.3. The Hall–Kier alpha value is -0.980. The van der Waals surface area contributed by atoms with Gasteiger partial charge in [0.15, 0.2) is 0 Å². The molecule has 0 amide bonds. The lowest BCUT2D eigenvalue weighted by Crippen LogP contribution is -2.42. The topological polar surface area (TPSA) is 63.4 Å². The van der Waals surface area contributed by atoms with E-state index in [-0.39, 0.29) is 11.0 Å². The number of hydrogen-bond donors (Lipinski definition) is 1. The number of thiocarbonyl (C=S) groups is 1. The van der Waals surface area contributed by atoms with Gasteiger partial charge in [-0.1, -0.05) is 30.8 Å². The lowest BCUT2D eigenvalue weighted by Gasteiger charge is -2.32. The summed E-state index contributed by atoms with van der Waals surface area (Å²) >= 11 is 4.94. The van der Waals surface area contributed by atoms with Crippen LogP contribution in [-0.4, -0.2) is 30.3 Å². The maximum Gasteiger partial charge on any atom is 0.243 e. The van der Waals surface area contributed by atoms with E-state index in [0.717, 1.165) is 24.8 Å². The molecule has 0 aromatic heterocycles. The molecule has 1 aliphatic rings. The van der Waals surface area contributed by atoms with Gasteiger partial charge >= 0.3 is 0 Å². The molecule has 20 heavy (non-hydrogen) atoms. The van der Waals surface area contributed by atoms with Gasteiger partial charge in [0.2, 0.25) is 10.0 Å².